The predicted molar refractivity (Wildman–Crippen MR) is 66.0 cm³/mol. The molecule has 102 valence electrons. The van der Waals surface area contributed by atoms with Gasteiger partial charge in [-0.2, -0.15) is 4.98 Å². The number of piperidine rings is 1. The van der Waals surface area contributed by atoms with Crippen LogP contribution < -0.4 is 10.6 Å². The molecular formula is C11H14FN5O2. The number of imide groups is 1. The number of carbonyl (C=O) groups excluding carboxylic acids is 2. The third kappa shape index (κ3) is 2.61. The maximum absolute atomic E-state index is 13.6. The van der Waals surface area contributed by atoms with E-state index in [2.05, 4.69) is 20.6 Å². The minimum atomic E-state index is -0.656. The predicted octanol–water partition coefficient (Wildman–Crippen LogP) is 0.217. The second-order valence-electron chi connectivity index (χ2n) is 4.17. The number of rotatable bonds is 3. The lowest BCUT2D eigenvalue weighted by Gasteiger charge is -2.28. The molecule has 1 atom stereocenters. The van der Waals surface area contributed by atoms with E-state index in [9.17, 15) is 14.0 Å². The zero-order chi connectivity index (χ0) is 14.0. The summed E-state index contributed by atoms with van der Waals surface area (Å²) in [6.07, 6.45) is 1.58. The van der Waals surface area contributed by atoms with Crippen LogP contribution in [0.5, 0.6) is 0 Å². The number of amides is 2. The Bertz CT molecular complexity index is 522. The SMILES string of the molecule is CNc1ncc(F)c(NC2CCC(=O)N(C)C2=O)n1. The fourth-order valence-corrected chi connectivity index (χ4v) is 1.80. The van der Waals surface area contributed by atoms with Crippen molar-refractivity contribution in [1.29, 1.82) is 0 Å². The number of nitrogens with one attached hydrogen (secondary N) is 2. The molecule has 1 saturated heterocycles. The number of likely N-dealkylation sites (N-methyl/N-ethyl adjacent to an activating group) is 1. The van der Waals surface area contributed by atoms with Gasteiger partial charge in [-0.15, -0.1) is 0 Å². The van der Waals surface area contributed by atoms with Gasteiger partial charge in [-0.1, -0.05) is 0 Å². The Morgan fingerprint density at radius 3 is 2.89 bits per heavy atom. The molecule has 1 aromatic rings. The number of likely N-dealkylation sites (tertiary alicyclic amines) is 1. The zero-order valence-corrected chi connectivity index (χ0v) is 10.6. The highest BCUT2D eigenvalue weighted by Gasteiger charge is 2.32. The summed E-state index contributed by atoms with van der Waals surface area (Å²) in [6.45, 7) is 0. The molecule has 1 fully saturated rings. The quantitative estimate of drug-likeness (QED) is 0.762. The minimum Gasteiger partial charge on any atom is -0.357 e. The van der Waals surface area contributed by atoms with Crippen molar-refractivity contribution in [2.75, 3.05) is 24.7 Å². The third-order valence-electron chi connectivity index (χ3n) is 2.93. The molecule has 2 N–H and O–H groups in total. The van der Waals surface area contributed by atoms with Gasteiger partial charge in [0.25, 0.3) is 5.91 Å². The topological polar surface area (TPSA) is 87.2 Å². The van der Waals surface area contributed by atoms with Gasteiger partial charge in [0.05, 0.1) is 6.20 Å². The lowest BCUT2D eigenvalue weighted by Crippen LogP contribution is -2.48. The summed E-state index contributed by atoms with van der Waals surface area (Å²) in [7, 11) is 3.02. The molecule has 1 aliphatic rings. The highest BCUT2D eigenvalue weighted by molar-refractivity contribution is 6.01. The third-order valence-corrected chi connectivity index (χ3v) is 2.93. The van der Waals surface area contributed by atoms with Crippen molar-refractivity contribution < 1.29 is 14.0 Å². The number of halogens is 1. The maximum atomic E-state index is 13.6. The van der Waals surface area contributed by atoms with Crippen LogP contribution in [0.2, 0.25) is 0 Å². The Hall–Kier alpha value is -2.25. The van der Waals surface area contributed by atoms with Crippen LogP contribution in [-0.2, 0) is 9.59 Å². The molecule has 2 amide bonds. The monoisotopic (exact) mass is 267 g/mol. The normalized spacial score (nSPS) is 19.5. The maximum Gasteiger partial charge on any atom is 0.251 e. The van der Waals surface area contributed by atoms with Gasteiger partial charge >= 0.3 is 0 Å². The fraction of sp³-hybridized carbons (Fsp3) is 0.455. The first-order valence-corrected chi connectivity index (χ1v) is 5.80. The van der Waals surface area contributed by atoms with E-state index in [0.29, 0.717) is 6.42 Å². The molecule has 0 aliphatic carbocycles. The van der Waals surface area contributed by atoms with E-state index in [4.69, 9.17) is 0 Å². The fourth-order valence-electron chi connectivity index (χ4n) is 1.80. The lowest BCUT2D eigenvalue weighted by atomic mass is 10.0. The minimum absolute atomic E-state index is 0.0551. The molecule has 2 rings (SSSR count). The summed E-state index contributed by atoms with van der Waals surface area (Å²) >= 11 is 0. The summed E-state index contributed by atoms with van der Waals surface area (Å²) in [5.74, 6) is -1.08. The number of carbonyl (C=O) groups is 2. The summed E-state index contributed by atoms with van der Waals surface area (Å²) in [6, 6.07) is -0.656. The van der Waals surface area contributed by atoms with Crippen molar-refractivity contribution in [1.82, 2.24) is 14.9 Å². The summed E-state index contributed by atoms with van der Waals surface area (Å²) in [5, 5.41) is 5.40. The van der Waals surface area contributed by atoms with Crippen molar-refractivity contribution in [3.8, 4) is 0 Å². The van der Waals surface area contributed by atoms with Crippen molar-refractivity contribution in [3.05, 3.63) is 12.0 Å². The molecule has 0 bridgehead atoms. The Balaban J connectivity index is 2.17. The van der Waals surface area contributed by atoms with Crippen molar-refractivity contribution in [2.24, 2.45) is 0 Å². The first kappa shape index (κ1) is 13.2. The smallest absolute Gasteiger partial charge is 0.251 e. The molecule has 0 saturated carbocycles. The second-order valence-corrected chi connectivity index (χ2v) is 4.17. The molecule has 0 spiro atoms. The number of hydrogen-bond donors (Lipinski definition) is 2. The lowest BCUT2D eigenvalue weighted by molar-refractivity contribution is -0.146. The Labute approximate surface area is 109 Å². The highest BCUT2D eigenvalue weighted by atomic mass is 19.1. The second kappa shape index (κ2) is 5.17. The molecule has 7 nitrogen and oxygen atoms in total. The number of hydrogen-bond acceptors (Lipinski definition) is 6. The Kier molecular flexibility index (Phi) is 3.59. The van der Waals surface area contributed by atoms with Gasteiger partial charge in [-0.25, -0.2) is 9.37 Å². The van der Waals surface area contributed by atoms with E-state index in [0.717, 1.165) is 11.1 Å². The number of aromatic nitrogens is 2. The van der Waals surface area contributed by atoms with E-state index in [-0.39, 0.29) is 30.0 Å². The standard InChI is InChI=1S/C11H14FN5O2/c1-13-11-14-5-6(12)9(16-11)15-7-3-4-8(18)17(2)10(7)19/h5,7H,3-4H2,1-2H3,(H2,13,14,15,16). The summed E-state index contributed by atoms with van der Waals surface area (Å²) in [5.41, 5.74) is 0. The Morgan fingerprint density at radius 1 is 1.47 bits per heavy atom. The van der Waals surface area contributed by atoms with E-state index in [1.807, 2.05) is 0 Å². The van der Waals surface area contributed by atoms with Gasteiger partial charge in [0.2, 0.25) is 11.9 Å². The molecule has 1 aliphatic heterocycles. The van der Waals surface area contributed by atoms with Crippen LogP contribution in [0, 0.1) is 5.82 Å². The number of nitrogens with zero attached hydrogens (tertiary/aromatic N) is 3. The average molecular weight is 267 g/mol. The Morgan fingerprint density at radius 2 is 2.21 bits per heavy atom. The average Bonchev–Trinajstić information content (AvgIpc) is 2.41. The number of anilines is 2. The van der Waals surface area contributed by atoms with Crippen LogP contribution in [0.15, 0.2) is 6.20 Å². The van der Waals surface area contributed by atoms with Gasteiger partial charge in [-0.3, -0.25) is 14.5 Å². The van der Waals surface area contributed by atoms with Crippen molar-refractivity contribution in [2.45, 2.75) is 18.9 Å². The molecule has 2 heterocycles. The summed E-state index contributed by atoms with van der Waals surface area (Å²) in [4.78, 5) is 31.9. The van der Waals surface area contributed by atoms with Crippen LogP contribution in [0.3, 0.4) is 0 Å². The molecule has 1 unspecified atom stereocenters. The molecule has 0 radical (unpaired) electrons. The van der Waals surface area contributed by atoms with Gasteiger partial charge in [0.1, 0.15) is 6.04 Å². The largest absolute Gasteiger partial charge is 0.357 e. The van der Waals surface area contributed by atoms with Crippen LogP contribution >= 0.6 is 0 Å². The first-order valence-electron chi connectivity index (χ1n) is 5.80. The van der Waals surface area contributed by atoms with Crippen LogP contribution in [0.1, 0.15) is 12.8 Å². The summed E-state index contributed by atoms with van der Waals surface area (Å²) < 4.78 is 13.6. The molecular weight excluding hydrogens is 253 g/mol. The molecule has 1 aromatic heterocycles. The van der Waals surface area contributed by atoms with Crippen molar-refractivity contribution in [3.63, 3.8) is 0 Å². The van der Waals surface area contributed by atoms with E-state index in [1.54, 1.807) is 7.05 Å². The van der Waals surface area contributed by atoms with E-state index < -0.39 is 11.9 Å². The van der Waals surface area contributed by atoms with E-state index >= 15 is 0 Å². The van der Waals surface area contributed by atoms with Gasteiger partial charge in [0, 0.05) is 20.5 Å². The molecule has 19 heavy (non-hydrogen) atoms. The van der Waals surface area contributed by atoms with Crippen LogP contribution in [0.25, 0.3) is 0 Å². The van der Waals surface area contributed by atoms with E-state index in [1.165, 1.54) is 7.05 Å². The zero-order valence-electron chi connectivity index (χ0n) is 10.6. The highest BCUT2D eigenvalue weighted by Crippen LogP contribution is 2.18. The van der Waals surface area contributed by atoms with Gasteiger partial charge in [0.15, 0.2) is 11.6 Å². The molecule has 0 aromatic carbocycles. The van der Waals surface area contributed by atoms with Gasteiger partial charge < -0.3 is 10.6 Å². The van der Waals surface area contributed by atoms with Crippen LogP contribution in [0.4, 0.5) is 16.2 Å². The molecule has 8 heteroatoms. The first-order chi connectivity index (χ1) is 9.02. The van der Waals surface area contributed by atoms with Crippen molar-refractivity contribution >= 4 is 23.6 Å². The van der Waals surface area contributed by atoms with Crippen LogP contribution in [-0.4, -0.2) is 46.8 Å². The van der Waals surface area contributed by atoms with Gasteiger partial charge in [-0.05, 0) is 6.42 Å².